The van der Waals surface area contributed by atoms with Crippen LogP contribution in [0, 0.1) is 0 Å². The standard InChI is InChI=1S/C16H21NO5S/c1-2-21-13-5-3-4-6-14(13)22-10-15(18)17-7-8-23-11-12(17)9-16(19)20/h3-6,12H,2,7-11H2,1H3,(H,19,20). The molecule has 1 fully saturated rings. The highest BCUT2D eigenvalue weighted by molar-refractivity contribution is 7.99. The van der Waals surface area contributed by atoms with Crippen molar-refractivity contribution in [3.63, 3.8) is 0 Å². The monoisotopic (exact) mass is 339 g/mol. The molecule has 1 atom stereocenters. The third kappa shape index (κ3) is 5.06. The first kappa shape index (κ1) is 17.5. The number of para-hydroxylation sites is 2. The zero-order chi connectivity index (χ0) is 16.7. The van der Waals surface area contributed by atoms with Gasteiger partial charge in [-0.05, 0) is 19.1 Å². The van der Waals surface area contributed by atoms with Crippen molar-refractivity contribution in [3.8, 4) is 11.5 Å². The van der Waals surface area contributed by atoms with E-state index in [0.717, 1.165) is 5.75 Å². The van der Waals surface area contributed by atoms with Gasteiger partial charge in [0.15, 0.2) is 18.1 Å². The number of carbonyl (C=O) groups is 2. The fourth-order valence-electron chi connectivity index (χ4n) is 2.42. The first-order chi connectivity index (χ1) is 11.1. The molecule has 0 aromatic heterocycles. The van der Waals surface area contributed by atoms with Crippen LogP contribution in [0.25, 0.3) is 0 Å². The number of hydrogen-bond donors (Lipinski definition) is 1. The van der Waals surface area contributed by atoms with Crippen molar-refractivity contribution >= 4 is 23.6 Å². The maximum Gasteiger partial charge on any atom is 0.305 e. The van der Waals surface area contributed by atoms with Gasteiger partial charge in [0.2, 0.25) is 0 Å². The third-order valence-electron chi connectivity index (χ3n) is 3.46. The molecule has 1 aliphatic rings. The van der Waals surface area contributed by atoms with Gasteiger partial charge in [-0.1, -0.05) is 12.1 Å². The van der Waals surface area contributed by atoms with Crippen LogP contribution in [0.2, 0.25) is 0 Å². The van der Waals surface area contributed by atoms with E-state index >= 15 is 0 Å². The topological polar surface area (TPSA) is 76.1 Å². The van der Waals surface area contributed by atoms with Crippen LogP contribution in [0.3, 0.4) is 0 Å². The molecule has 126 valence electrons. The summed E-state index contributed by atoms with van der Waals surface area (Å²) < 4.78 is 11.0. The lowest BCUT2D eigenvalue weighted by Gasteiger charge is -2.34. The Bertz CT molecular complexity index is 551. The van der Waals surface area contributed by atoms with E-state index in [1.54, 1.807) is 28.8 Å². The first-order valence-corrected chi connectivity index (χ1v) is 8.71. The Labute approximate surface area is 139 Å². The number of benzene rings is 1. The van der Waals surface area contributed by atoms with Gasteiger partial charge in [-0.3, -0.25) is 9.59 Å². The third-order valence-corrected chi connectivity index (χ3v) is 4.55. The Kier molecular flexibility index (Phi) is 6.58. The van der Waals surface area contributed by atoms with E-state index in [9.17, 15) is 9.59 Å². The number of hydrogen-bond acceptors (Lipinski definition) is 5. The van der Waals surface area contributed by atoms with Crippen molar-refractivity contribution in [2.45, 2.75) is 19.4 Å². The van der Waals surface area contributed by atoms with E-state index in [4.69, 9.17) is 14.6 Å². The molecule has 0 bridgehead atoms. The van der Waals surface area contributed by atoms with Crippen molar-refractivity contribution in [1.82, 2.24) is 4.90 Å². The predicted octanol–water partition coefficient (Wildman–Crippen LogP) is 1.88. The Morgan fingerprint density at radius 3 is 2.65 bits per heavy atom. The summed E-state index contributed by atoms with van der Waals surface area (Å²) in [7, 11) is 0. The second-order valence-corrected chi connectivity index (χ2v) is 6.23. The SMILES string of the molecule is CCOc1ccccc1OCC(=O)N1CCSCC1CC(=O)O. The molecule has 1 aromatic carbocycles. The number of rotatable bonds is 7. The fourth-order valence-corrected chi connectivity index (χ4v) is 3.48. The summed E-state index contributed by atoms with van der Waals surface area (Å²) in [6.07, 6.45) is -0.0335. The number of carboxylic acid groups (broad SMARTS) is 1. The lowest BCUT2D eigenvalue weighted by Crippen LogP contribution is -2.48. The summed E-state index contributed by atoms with van der Waals surface area (Å²) in [6.45, 7) is 2.82. The Hall–Kier alpha value is -1.89. The molecule has 0 saturated carbocycles. The average Bonchev–Trinajstić information content (AvgIpc) is 2.54. The molecule has 1 unspecified atom stereocenters. The minimum absolute atomic E-state index is 0.0335. The summed E-state index contributed by atoms with van der Waals surface area (Å²) in [5.74, 6) is 1.49. The minimum atomic E-state index is -0.891. The molecule has 1 saturated heterocycles. The molecule has 0 spiro atoms. The zero-order valence-electron chi connectivity index (χ0n) is 13.1. The predicted molar refractivity (Wildman–Crippen MR) is 88.2 cm³/mol. The number of thioether (sulfide) groups is 1. The van der Waals surface area contributed by atoms with Crippen LogP contribution in [0.4, 0.5) is 0 Å². The van der Waals surface area contributed by atoms with E-state index < -0.39 is 5.97 Å². The van der Waals surface area contributed by atoms with Crippen molar-refractivity contribution in [3.05, 3.63) is 24.3 Å². The second-order valence-electron chi connectivity index (χ2n) is 5.08. The summed E-state index contributed by atoms with van der Waals surface area (Å²) in [5, 5.41) is 8.97. The number of carboxylic acids is 1. The highest BCUT2D eigenvalue weighted by atomic mass is 32.2. The Morgan fingerprint density at radius 2 is 2.00 bits per heavy atom. The van der Waals surface area contributed by atoms with Gasteiger partial charge in [-0.25, -0.2) is 0 Å². The smallest absolute Gasteiger partial charge is 0.305 e. The summed E-state index contributed by atoms with van der Waals surface area (Å²) >= 11 is 1.67. The molecule has 7 heteroatoms. The normalized spacial score (nSPS) is 17.6. The molecule has 1 aliphatic heterocycles. The highest BCUT2D eigenvalue weighted by Crippen LogP contribution is 2.26. The van der Waals surface area contributed by atoms with Gasteiger partial charge in [0.05, 0.1) is 19.1 Å². The molecule has 23 heavy (non-hydrogen) atoms. The molecule has 0 radical (unpaired) electrons. The second kappa shape index (κ2) is 8.67. The molecular weight excluding hydrogens is 318 g/mol. The number of carbonyl (C=O) groups excluding carboxylic acids is 1. The van der Waals surface area contributed by atoms with Crippen molar-refractivity contribution in [1.29, 1.82) is 0 Å². The van der Waals surface area contributed by atoms with Crippen LogP contribution in [0.15, 0.2) is 24.3 Å². The molecule has 0 aliphatic carbocycles. The van der Waals surface area contributed by atoms with Crippen LogP contribution in [0.5, 0.6) is 11.5 Å². The van der Waals surface area contributed by atoms with Gasteiger partial charge in [0.25, 0.3) is 5.91 Å². The molecule has 2 rings (SSSR count). The van der Waals surface area contributed by atoms with Gasteiger partial charge in [-0.15, -0.1) is 0 Å². The minimum Gasteiger partial charge on any atom is -0.490 e. The van der Waals surface area contributed by atoms with Gasteiger partial charge in [0, 0.05) is 18.1 Å². The van der Waals surface area contributed by atoms with Crippen LogP contribution in [-0.2, 0) is 9.59 Å². The van der Waals surface area contributed by atoms with Crippen molar-refractivity contribution in [2.75, 3.05) is 31.3 Å². The van der Waals surface area contributed by atoms with Crippen molar-refractivity contribution in [2.24, 2.45) is 0 Å². The van der Waals surface area contributed by atoms with Gasteiger partial charge < -0.3 is 19.5 Å². The lowest BCUT2D eigenvalue weighted by atomic mass is 10.2. The Balaban J connectivity index is 1.96. The maximum atomic E-state index is 12.4. The van der Waals surface area contributed by atoms with Gasteiger partial charge in [-0.2, -0.15) is 11.8 Å². The molecule has 6 nitrogen and oxygen atoms in total. The van der Waals surface area contributed by atoms with Crippen LogP contribution in [-0.4, -0.2) is 59.2 Å². The molecular formula is C16H21NO5S. The van der Waals surface area contributed by atoms with Crippen LogP contribution >= 0.6 is 11.8 Å². The van der Waals surface area contributed by atoms with E-state index in [1.165, 1.54) is 0 Å². The quantitative estimate of drug-likeness (QED) is 0.817. The summed E-state index contributed by atoms with van der Waals surface area (Å²) in [4.78, 5) is 24.9. The number of ether oxygens (including phenoxy) is 2. The van der Waals surface area contributed by atoms with Gasteiger partial charge in [0.1, 0.15) is 0 Å². The van der Waals surface area contributed by atoms with Crippen LogP contribution < -0.4 is 9.47 Å². The van der Waals surface area contributed by atoms with E-state index in [-0.39, 0.29) is 25.0 Å². The van der Waals surface area contributed by atoms with Gasteiger partial charge >= 0.3 is 5.97 Å². The number of aliphatic carboxylic acids is 1. The highest BCUT2D eigenvalue weighted by Gasteiger charge is 2.29. The maximum absolute atomic E-state index is 12.4. The van der Waals surface area contributed by atoms with Crippen LogP contribution in [0.1, 0.15) is 13.3 Å². The largest absolute Gasteiger partial charge is 0.490 e. The molecule has 1 N–H and O–H groups in total. The number of amides is 1. The fraction of sp³-hybridized carbons (Fsp3) is 0.500. The average molecular weight is 339 g/mol. The van der Waals surface area contributed by atoms with E-state index in [0.29, 0.717) is 30.4 Å². The lowest BCUT2D eigenvalue weighted by molar-refractivity contribution is -0.141. The van der Waals surface area contributed by atoms with E-state index in [2.05, 4.69) is 0 Å². The summed E-state index contributed by atoms with van der Waals surface area (Å²) in [6, 6.07) is 6.91. The Morgan fingerprint density at radius 1 is 1.30 bits per heavy atom. The first-order valence-electron chi connectivity index (χ1n) is 7.55. The molecule has 1 amide bonds. The summed E-state index contributed by atoms with van der Waals surface area (Å²) in [5.41, 5.74) is 0. The molecule has 1 heterocycles. The van der Waals surface area contributed by atoms with E-state index in [1.807, 2.05) is 19.1 Å². The zero-order valence-corrected chi connectivity index (χ0v) is 13.9. The molecule has 1 aromatic rings. The number of nitrogens with zero attached hydrogens (tertiary/aromatic N) is 1. The van der Waals surface area contributed by atoms with Crippen molar-refractivity contribution < 1.29 is 24.2 Å².